The lowest BCUT2D eigenvalue weighted by molar-refractivity contribution is -0.149. The van der Waals surface area contributed by atoms with Gasteiger partial charge < -0.3 is 14.6 Å². The predicted octanol–water partition coefficient (Wildman–Crippen LogP) is 2.70. The first-order chi connectivity index (χ1) is 13.7. The molecule has 2 saturated heterocycles. The summed E-state index contributed by atoms with van der Waals surface area (Å²) in [6, 6.07) is 7.83. The highest BCUT2D eigenvalue weighted by molar-refractivity contribution is 5.95. The van der Waals surface area contributed by atoms with Gasteiger partial charge in [0.05, 0.1) is 6.54 Å². The fourth-order valence-corrected chi connectivity index (χ4v) is 4.35. The van der Waals surface area contributed by atoms with Gasteiger partial charge in [0.1, 0.15) is 17.4 Å². The van der Waals surface area contributed by atoms with Crippen LogP contribution in [-0.4, -0.2) is 53.8 Å². The van der Waals surface area contributed by atoms with E-state index in [0.717, 1.165) is 37.3 Å². The van der Waals surface area contributed by atoms with Gasteiger partial charge in [0.2, 0.25) is 11.8 Å². The zero-order valence-corrected chi connectivity index (χ0v) is 16.6. The Morgan fingerprint density at radius 1 is 1.14 bits per heavy atom. The topological polar surface area (TPSA) is 65.8 Å². The molecule has 2 fully saturated rings. The number of aryl methyl sites for hydroxylation is 1. The average Bonchev–Trinajstić information content (AvgIpc) is 3.06. The van der Waals surface area contributed by atoms with Gasteiger partial charge in [0.25, 0.3) is 0 Å². The minimum Gasteiger partial charge on any atom is -0.461 e. The van der Waals surface area contributed by atoms with Crippen molar-refractivity contribution in [3.8, 4) is 0 Å². The Balaban J connectivity index is 1.52. The lowest BCUT2D eigenvalue weighted by Crippen LogP contribution is -2.65. The van der Waals surface area contributed by atoms with Gasteiger partial charge >= 0.3 is 0 Å². The number of nitrogens with one attached hydrogen (secondary N) is 1. The number of furan rings is 1. The quantitative estimate of drug-likeness (QED) is 0.747. The fourth-order valence-electron chi connectivity index (χ4n) is 4.35. The van der Waals surface area contributed by atoms with Crippen LogP contribution in [0, 0.1) is 0 Å². The summed E-state index contributed by atoms with van der Waals surface area (Å²) in [5, 5.41) is 3.88. The van der Waals surface area contributed by atoms with Crippen molar-refractivity contribution < 1.29 is 14.0 Å². The van der Waals surface area contributed by atoms with Gasteiger partial charge in [-0.2, -0.15) is 0 Å². The monoisotopic (exact) mass is 383 g/mol. The molecule has 0 saturated carbocycles. The van der Waals surface area contributed by atoms with E-state index in [9.17, 15) is 9.59 Å². The third-order valence-electron chi connectivity index (χ3n) is 5.92. The SMILES string of the molecule is CCCCCCc1oc2ccccc2c1CN1CCN2C(=O)CNC(=O)C2C1. The van der Waals surface area contributed by atoms with Gasteiger partial charge in [-0.25, -0.2) is 0 Å². The van der Waals surface area contributed by atoms with Gasteiger partial charge in [-0.05, 0) is 12.5 Å². The number of hydrogen-bond acceptors (Lipinski definition) is 4. The van der Waals surface area contributed by atoms with Gasteiger partial charge in [-0.15, -0.1) is 0 Å². The van der Waals surface area contributed by atoms with E-state index >= 15 is 0 Å². The van der Waals surface area contributed by atoms with Crippen LogP contribution in [0.2, 0.25) is 0 Å². The number of fused-ring (bicyclic) bond motifs is 2. The fraction of sp³-hybridized carbons (Fsp3) is 0.545. The Labute approximate surface area is 165 Å². The molecule has 2 aliphatic heterocycles. The molecular formula is C22H29N3O3. The van der Waals surface area contributed by atoms with E-state index in [4.69, 9.17) is 4.42 Å². The highest BCUT2D eigenvalue weighted by Gasteiger charge is 2.38. The maximum absolute atomic E-state index is 12.3. The zero-order chi connectivity index (χ0) is 19.5. The largest absolute Gasteiger partial charge is 0.461 e. The van der Waals surface area contributed by atoms with Crippen LogP contribution in [0.25, 0.3) is 11.0 Å². The lowest BCUT2D eigenvalue weighted by Gasteiger charge is -2.42. The van der Waals surface area contributed by atoms with E-state index in [-0.39, 0.29) is 24.4 Å². The van der Waals surface area contributed by atoms with Gasteiger partial charge in [0, 0.05) is 43.5 Å². The van der Waals surface area contributed by atoms with E-state index < -0.39 is 0 Å². The van der Waals surface area contributed by atoms with Crippen LogP contribution >= 0.6 is 0 Å². The van der Waals surface area contributed by atoms with Crippen LogP contribution < -0.4 is 5.32 Å². The maximum atomic E-state index is 12.3. The predicted molar refractivity (Wildman–Crippen MR) is 108 cm³/mol. The van der Waals surface area contributed by atoms with Crippen molar-refractivity contribution in [1.82, 2.24) is 15.1 Å². The molecule has 4 rings (SSSR count). The molecule has 0 bridgehead atoms. The van der Waals surface area contributed by atoms with E-state index in [1.807, 2.05) is 18.2 Å². The van der Waals surface area contributed by atoms with Crippen LogP contribution in [-0.2, 0) is 22.6 Å². The molecule has 1 N–H and O–H groups in total. The second kappa shape index (κ2) is 8.35. The van der Waals surface area contributed by atoms with Crippen molar-refractivity contribution in [2.24, 2.45) is 0 Å². The van der Waals surface area contributed by atoms with Crippen molar-refractivity contribution in [2.75, 3.05) is 26.2 Å². The molecule has 1 aromatic carbocycles. The summed E-state index contributed by atoms with van der Waals surface area (Å²) in [6.45, 7) is 5.07. The highest BCUT2D eigenvalue weighted by Crippen LogP contribution is 2.29. The molecule has 6 heteroatoms. The van der Waals surface area contributed by atoms with Crippen molar-refractivity contribution in [3.63, 3.8) is 0 Å². The van der Waals surface area contributed by atoms with Gasteiger partial charge in [-0.1, -0.05) is 44.4 Å². The van der Waals surface area contributed by atoms with Gasteiger partial charge in [0.15, 0.2) is 0 Å². The molecule has 3 heterocycles. The van der Waals surface area contributed by atoms with Crippen molar-refractivity contribution in [3.05, 3.63) is 35.6 Å². The van der Waals surface area contributed by atoms with Crippen LogP contribution in [0.3, 0.4) is 0 Å². The summed E-state index contributed by atoms with van der Waals surface area (Å²) < 4.78 is 6.20. The number of amides is 2. The normalized spacial score (nSPS) is 20.5. The number of nitrogens with zero attached hydrogens (tertiary/aromatic N) is 2. The summed E-state index contributed by atoms with van der Waals surface area (Å²) in [4.78, 5) is 28.3. The Kier molecular flexibility index (Phi) is 5.67. The second-order valence-electron chi connectivity index (χ2n) is 7.87. The summed E-state index contributed by atoms with van der Waals surface area (Å²) in [5.74, 6) is 1.06. The molecule has 28 heavy (non-hydrogen) atoms. The number of piperazine rings is 2. The molecule has 1 aromatic heterocycles. The minimum absolute atomic E-state index is 0.0228. The third-order valence-corrected chi connectivity index (χ3v) is 5.92. The van der Waals surface area contributed by atoms with Crippen LogP contribution in [0.1, 0.15) is 43.9 Å². The van der Waals surface area contributed by atoms with Crippen molar-refractivity contribution >= 4 is 22.8 Å². The standard InChI is InChI=1S/C22H29N3O3/c1-2-3-4-5-9-20-17(16-8-6-7-10-19(16)28-20)14-24-11-12-25-18(15-24)22(27)23-13-21(25)26/h6-8,10,18H,2-5,9,11-15H2,1H3,(H,23,27). The third kappa shape index (κ3) is 3.78. The van der Waals surface area contributed by atoms with E-state index in [0.29, 0.717) is 13.1 Å². The van der Waals surface area contributed by atoms with Gasteiger partial charge in [-0.3, -0.25) is 14.5 Å². The summed E-state index contributed by atoms with van der Waals surface area (Å²) in [6.07, 6.45) is 5.78. The first kappa shape index (κ1) is 19.0. The van der Waals surface area contributed by atoms with E-state index in [1.54, 1.807) is 4.90 Å². The Bertz CT molecular complexity index is 860. The Morgan fingerprint density at radius 3 is 2.86 bits per heavy atom. The summed E-state index contributed by atoms with van der Waals surface area (Å²) >= 11 is 0. The van der Waals surface area contributed by atoms with E-state index in [2.05, 4.69) is 23.2 Å². The maximum Gasteiger partial charge on any atom is 0.244 e. The van der Waals surface area contributed by atoms with Crippen molar-refractivity contribution in [2.45, 2.75) is 51.6 Å². The van der Waals surface area contributed by atoms with E-state index in [1.165, 1.54) is 30.2 Å². The number of rotatable bonds is 7. The molecule has 2 aliphatic rings. The highest BCUT2D eigenvalue weighted by atomic mass is 16.3. The van der Waals surface area contributed by atoms with Crippen LogP contribution in [0.4, 0.5) is 0 Å². The number of carbonyl (C=O) groups excluding carboxylic acids is 2. The summed E-state index contributed by atoms with van der Waals surface area (Å²) in [5.41, 5.74) is 2.18. The van der Waals surface area contributed by atoms with Crippen LogP contribution in [0.15, 0.2) is 28.7 Å². The number of unbranched alkanes of at least 4 members (excludes halogenated alkanes) is 3. The summed E-state index contributed by atoms with van der Waals surface area (Å²) in [7, 11) is 0. The molecule has 2 aromatic rings. The zero-order valence-electron chi connectivity index (χ0n) is 16.6. The van der Waals surface area contributed by atoms with Crippen LogP contribution in [0.5, 0.6) is 0 Å². The number of benzene rings is 1. The number of carbonyl (C=O) groups is 2. The molecular weight excluding hydrogens is 354 g/mol. The first-order valence-electron chi connectivity index (χ1n) is 10.5. The lowest BCUT2D eigenvalue weighted by atomic mass is 10.0. The van der Waals surface area contributed by atoms with Crippen molar-refractivity contribution in [1.29, 1.82) is 0 Å². The smallest absolute Gasteiger partial charge is 0.244 e. The second-order valence-corrected chi connectivity index (χ2v) is 7.87. The Morgan fingerprint density at radius 2 is 2.00 bits per heavy atom. The number of para-hydroxylation sites is 1. The molecule has 0 aliphatic carbocycles. The molecule has 1 unspecified atom stereocenters. The molecule has 0 radical (unpaired) electrons. The molecule has 6 nitrogen and oxygen atoms in total. The average molecular weight is 383 g/mol. The molecule has 2 amide bonds. The Hall–Kier alpha value is -2.34. The molecule has 1 atom stereocenters. The number of hydrogen-bond donors (Lipinski definition) is 1. The minimum atomic E-state index is -0.374. The molecule has 0 spiro atoms. The first-order valence-corrected chi connectivity index (χ1v) is 10.5. The molecule has 150 valence electrons.